The van der Waals surface area contributed by atoms with Gasteiger partial charge in [-0.2, -0.15) is 0 Å². The highest BCUT2D eigenvalue weighted by molar-refractivity contribution is 5.94. The summed E-state index contributed by atoms with van der Waals surface area (Å²) in [5.41, 5.74) is 12.8. The van der Waals surface area contributed by atoms with E-state index in [0.717, 1.165) is 31.6 Å². The Bertz CT molecular complexity index is 392. The van der Waals surface area contributed by atoms with Crippen molar-refractivity contribution >= 4 is 5.91 Å². The molecule has 16 heavy (non-hydrogen) atoms. The average molecular weight is 219 g/mol. The molecule has 0 radical (unpaired) electrons. The highest BCUT2D eigenvalue weighted by Crippen LogP contribution is 2.15. The van der Waals surface area contributed by atoms with Crippen LogP contribution >= 0.6 is 0 Å². The minimum Gasteiger partial charge on any atom is -0.366 e. The van der Waals surface area contributed by atoms with E-state index in [4.69, 9.17) is 11.5 Å². The maximum absolute atomic E-state index is 11.2. The maximum Gasteiger partial charge on any atom is 0.249 e. The van der Waals surface area contributed by atoms with Crippen LogP contribution in [0.15, 0.2) is 24.3 Å². The topological polar surface area (TPSA) is 72.4 Å². The fourth-order valence-corrected chi connectivity index (χ4v) is 2.15. The second kappa shape index (κ2) is 4.63. The van der Waals surface area contributed by atoms with Crippen molar-refractivity contribution in [1.29, 1.82) is 0 Å². The van der Waals surface area contributed by atoms with Crippen LogP contribution in [0.25, 0.3) is 0 Å². The second-order valence-electron chi connectivity index (χ2n) is 4.31. The Morgan fingerprint density at radius 1 is 1.44 bits per heavy atom. The lowest BCUT2D eigenvalue weighted by Crippen LogP contribution is -2.27. The molecule has 1 amide bonds. The van der Waals surface area contributed by atoms with Crippen LogP contribution in [-0.2, 0) is 6.54 Å². The number of benzene rings is 1. The summed E-state index contributed by atoms with van der Waals surface area (Å²) in [7, 11) is 0. The van der Waals surface area contributed by atoms with Crippen LogP contribution in [0.2, 0.25) is 0 Å². The second-order valence-corrected chi connectivity index (χ2v) is 4.31. The lowest BCUT2D eigenvalue weighted by molar-refractivity contribution is 0.0998. The zero-order chi connectivity index (χ0) is 11.5. The number of likely N-dealkylation sites (tertiary alicyclic amines) is 1. The fraction of sp³-hybridized carbons (Fsp3) is 0.417. The number of rotatable bonds is 3. The molecule has 2 rings (SSSR count). The van der Waals surface area contributed by atoms with E-state index in [0.29, 0.717) is 5.56 Å². The van der Waals surface area contributed by atoms with Crippen molar-refractivity contribution in [3.05, 3.63) is 35.4 Å². The SMILES string of the molecule is NC(=O)c1ccccc1CN1CC[C@@H](N)C1. The molecule has 4 N–H and O–H groups in total. The molecule has 4 heteroatoms. The maximum atomic E-state index is 11.2. The summed E-state index contributed by atoms with van der Waals surface area (Å²) in [6, 6.07) is 7.75. The number of hydrogen-bond acceptors (Lipinski definition) is 3. The molecule has 4 nitrogen and oxygen atoms in total. The third-order valence-corrected chi connectivity index (χ3v) is 2.99. The van der Waals surface area contributed by atoms with Gasteiger partial charge in [-0.15, -0.1) is 0 Å². The summed E-state index contributed by atoms with van der Waals surface area (Å²) in [5.74, 6) is -0.362. The molecule has 1 aliphatic rings. The Labute approximate surface area is 95.2 Å². The number of nitrogens with zero attached hydrogens (tertiary/aromatic N) is 1. The van der Waals surface area contributed by atoms with Crippen LogP contribution in [0.3, 0.4) is 0 Å². The molecule has 0 unspecified atom stereocenters. The third-order valence-electron chi connectivity index (χ3n) is 2.99. The minimum atomic E-state index is -0.362. The monoisotopic (exact) mass is 219 g/mol. The minimum absolute atomic E-state index is 0.265. The van der Waals surface area contributed by atoms with Gasteiger partial charge in [-0.3, -0.25) is 9.69 Å². The Balaban J connectivity index is 2.12. The van der Waals surface area contributed by atoms with Gasteiger partial charge < -0.3 is 11.5 Å². The van der Waals surface area contributed by atoms with Crippen LogP contribution in [0.1, 0.15) is 22.3 Å². The summed E-state index contributed by atoms with van der Waals surface area (Å²) < 4.78 is 0. The first-order chi connectivity index (χ1) is 7.66. The van der Waals surface area contributed by atoms with Gasteiger partial charge in [-0.1, -0.05) is 18.2 Å². The standard InChI is InChI=1S/C12H17N3O/c13-10-5-6-15(8-10)7-9-3-1-2-4-11(9)12(14)16/h1-4,10H,5-8,13H2,(H2,14,16)/t10-/m1/s1. The van der Waals surface area contributed by atoms with Gasteiger partial charge in [-0.25, -0.2) is 0 Å². The number of amides is 1. The zero-order valence-electron chi connectivity index (χ0n) is 9.23. The molecule has 0 aliphatic carbocycles. The predicted molar refractivity (Wildman–Crippen MR) is 62.8 cm³/mol. The molecule has 1 fully saturated rings. The Morgan fingerprint density at radius 2 is 2.19 bits per heavy atom. The number of nitrogens with two attached hydrogens (primary N) is 2. The van der Waals surface area contributed by atoms with Crippen LogP contribution in [0, 0.1) is 0 Å². The van der Waals surface area contributed by atoms with Gasteiger partial charge >= 0.3 is 0 Å². The van der Waals surface area contributed by atoms with Gasteiger partial charge in [0.1, 0.15) is 0 Å². The van der Waals surface area contributed by atoms with Crippen LogP contribution in [-0.4, -0.2) is 29.9 Å². The lowest BCUT2D eigenvalue weighted by atomic mass is 10.1. The van der Waals surface area contributed by atoms with E-state index in [-0.39, 0.29) is 11.9 Å². The van der Waals surface area contributed by atoms with Gasteiger partial charge in [0.2, 0.25) is 5.91 Å². The summed E-state index contributed by atoms with van der Waals surface area (Å²) in [5, 5.41) is 0. The van der Waals surface area contributed by atoms with Crippen molar-refractivity contribution in [2.45, 2.75) is 19.0 Å². The van der Waals surface area contributed by atoms with E-state index in [1.54, 1.807) is 6.07 Å². The van der Waals surface area contributed by atoms with Gasteiger partial charge in [0, 0.05) is 31.2 Å². The van der Waals surface area contributed by atoms with Gasteiger partial charge in [0.25, 0.3) is 0 Å². The molecule has 1 heterocycles. The average Bonchev–Trinajstić information content (AvgIpc) is 2.64. The number of primary amides is 1. The fourth-order valence-electron chi connectivity index (χ4n) is 2.15. The molecule has 1 aromatic carbocycles. The van der Waals surface area contributed by atoms with Gasteiger partial charge in [-0.05, 0) is 18.1 Å². The highest BCUT2D eigenvalue weighted by Gasteiger charge is 2.20. The molecule has 0 spiro atoms. The molecule has 1 aromatic rings. The first-order valence-electron chi connectivity index (χ1n) is 5.52. The molecule has 1 atom stereocenters. The molecule has 1 aliphatic heterocycles. The largest absolute Gasteiger partial charge is 0.366 e. The molecule has 1 saturated heterocycles. The Kier molecular flexibility index (Phi) is 3.22. The van der Waals surface area contributed by atoms with E-state index >= 15 is 0 Å². The van der Waals surface area contributed by atoms with E-state index in [1.165, 1.54) is 0 Å². The molecular weight excluding hydrogens is 202 g/mol. The Hall–Kier alpha value is -1.39. The lowest BCUT2D eigenvalue weighted by Gasteiger charge is -2.16. The predicted octanol–water partition coefficient (Wildman–Crippen LogP) is 0.319. The molecule has 0 saturated carbocycles. The summed E-state index contributed by atoms with van der Waals surface area (Å²) in [6.45, 7) is 2.65. The van der Waals surface area contributed by atoms with E-state index in [9.17, 15) is 4.79 Å². The van der Waals surface area contributed by atoms with E-state index in [2.05, 4.69) is 4.90 Å². The molecule has 0 bridgehead atoms. The third kappa shape index (κ3) is 2.40. The normalized spacial score (nSPS) is 21.2. The summed E-state index contributed by atoms with van der Waals surface area (Å²) in [6.07, 6.45) is 1.03. The van der Waals surface area contributed by atoms with E-state index in [1.807, 2.05) is 18.2 Å². The van der Waals surface area contributed by atoms with Crippen LogP contribution in [0.4, 0.5) is 0 Å². The van der Waals surface area contributed by atoms with Crippen LogP contribution < -0.4 is 11.5 Å². The van der Waals surface area contributed by atoms with Crippen molar-refractivity contribution in [3.8, 4) is 0 Å². The molecule has 0 aromatic heterocycles. The molecular formula is C12H17N3O. The van der Waals surface area contributed by atoms with Crippen molar-refractivity contribution in [2.75, 3.05) is 13.1 Å². The summed E-state index contributed by atoms with van der Waals surface area (Å²) >= 11 is 0. The Morgan fingerprint density at radius 3 is 2.81 bits per heavy atom. The van der Waals surface area contributed by atoms with Gasteiger partial charge in [0.15, 0.2) is 0 Å². The first kappa shape index (κ1) is 11.1. The van der Waals surface area contributed by atoms with E-state index < -0.39 is 0 Å². The van der Waals surface area contributed by atoms with Crippen molar-refractivity contribution in [1.82, 2.24) is 4.90 Å². The highest BCUT2D eigenvalue weighted by atomic mass is 16.1. The number of carbonyl (C=O) groups excluding carboxylic acids is 1. The first-order valence-corrected chi connectivity index (χ1v) is 5.52. The molecule has 86 valence electrons. The number of carbonyl (C=O) groups is 1. The van der Waals surface area contributed by atoms with Gasteiger partial charge in [0.05, 0.1) is 0 Å². The van der Waals surface area contributed by atoms with Crippen molar-refractivity contribution in [2.24, 2.45) is 11.5 Å². The number of hydrogen-bond donors (Lipinski definition) is 2. The van der Waals surface area contributed by atoms with Crippen LogP contribution in [0.5, 0.6) is 0 Å². The van der Waals surface area contributed by atoms with Crippen molar-refractivity contribution in [3.63, 3.8) is 0 Å². The quantitative estimate of drug-likeness (QED) is 0.769. The zero-order valence-corrected chi connectivity index (χ0v) is 9.23. The smallest absolute Gasteiger partial charge is 0.249 e. The summed E-state index contributed by atoms with van der Waals surface area (Å²) in [4.78, 5) is 13.5. The van der Waals surface area contributed by atoms with Crippen molar-refractivity contribution < 1.29 is 4.79 Å².